The van der Waals surface area contributed by atoms with Crippen molar-refractivity contribution in [2.75, 3.05) is 11.9 Å². The van der Waals surface area contributed by atoms with Gasteiger partial charge in [0.05, 0.1) is 10.7 Å². The van der Waals surface area contributed by atoms with Gasteiger partial charge in [0.25, 0.3) is 5.91 Å². The van der Waals surface area contributed by atoms with Crippen LogP contribution in [0.3, 0.4) is 0 Å². The lowest BCUT2D eigenvalue weighted by Crippen LogP contribution is -2.21. The van der Waals surface area contributed by atoms with Gasteiger partial charge in [-0.25, -0.2) is 13.6 Å². The second-order valence-corrected chi connectivity index (χ2v) is 6.42. The van der Waals surface area contributed by atoms with Crippen LogP contribution in [0.4, 0.5) is 14.5 Å². The van der Waals surface area contributed by atoms with Gasteiger partial charge in [-0.05, 0) is 18.2 Å². The molecule has 2 aromatic carbocycles. The van der Waals surface area contributed by atoms with Gasteiger partial charge >= 0.3 is 5.97 Å². The van der Waals surface area contributed by atoms with Crippen molar-refractivity contribution in [2.45, 2.75) is 0 Å². The highest BCUT2D eigenvalue weighted by molar-refractivity contribution is 7.21. The Morgan fingerprint density at radius 2 is 1.92 bits per heavy atom. The summed E-state index contributed by atoms with van der Waals surface area (Å²) >= 11 is 7.30. The number of carbonyl (C=O) groups excluding carboxylic acids is 2. The number of nitrogens with one attached hydrogen (secondary N) is 1. The molecule has 1 amide bonds. The first-order chi connectivity index (χ1) is 12.0. The summed E-state index contributed by atoms with van der Waals surface area (Å²) in [6, 6.07) is 9.81. The van der Waals surface area contributed by atoms with E-state index >= 15 is 0 Å². The molecule has 0 radical (unpaired) electrons. The Hall–Kier alpha value is -2.51. The number of benzene rings is 2. The monoisotopic (exact) mass is 381 g/mol. The van der Waals surface area contributed by atoms with Crippen molar-refractivity contribution in [3.05, 3.63) is 64.0 Å². The fourth-order valence-corrected chi connectivity index (χ4v) is 3.52. The number of fused-ring (bicyclic) bond motifs is 1. The molecule has 3 rings (SSSR count). The third kappa shape index (κ3) is 3.78. The quantitative estimate of drug-likeness (QED) is 0.670. The Morgan fingerprint density at radius 1 is 1.16 bits per heavy atom. The van der Waals surface area contributed by atoms with Gasteiger partial charge in [0.2, 0.25) is 0 Å². The molecule has 8 heteroatoms. The molecule has 0 fully saturated rings. The maximum atomic E-state index is 13.5. The molecule has 0 saturated heterocycles. The number of rotatable bonds is 4. The number of ether oxygens (including phenoxy) is 1. The predicted molar refractivity (Wildman–Crippen MR) is 92.1 cm³/mol. The van der Waals surface area contributed by atoms with E-state index < -0.39 is 30.1 Å². The zero-order valence-electron chi connectivity index (χ0n) is 12.5. The van der Waals surface area contributed by atoms with Crippen molar-refractivity contribution < 1.29 is 23.1 Å². The number of thiophene rings is 1. The maximum absolute atomic E-state index is 13.5. The van der Waals surface area contributed by atoms with Crippen LogP contribution in [-0.2, 0) is 9.53 Å². The Balaban J connectivity index is 1.66. The topological polar surface area (TPSA) is 55.4 Å². The zero-order chi connectivity index (χ0) is 18.0. The van der Waals surface area contributed by atoms with Gasteiger partial charge in [-0.1, -0.05) is 29.8 Å². The van der Waals surface area contributed by atoms with E-state index in [0.717, 1.165) is 34.2 Å². The van der Waals surface area contributed by atoms with Crippen molar-refractivity contribution in [1.82, 2.24) is 0 Å². The molecular formula is C17H10ClF2NO3S. The molecule has 25 heavy (non-hydrogen) atoms. The first-order valence-electron chi connectivity index (χ1n) is 7.05. The van der Waals surface area contributed by atoms with E-state index in [1.165, 1.54) is 0 Å². The van der Waals surface area contributed by atoms with Crippen LogP contribution in [0.2, 0.25) is 5.02 Å². The van der Waals surface area contributed by atoms with Gasteiger partial charge in [-0.15, -0.1) is 11.3 Å². The first kappa shape index (κ1) is 17.3. The Kier molecular flexibility index (Phi) is 4.96. The smallest absolute Gasteiger partial charge is 0.350 e. The van der Waals surface area contributed by atoms with Gasteiger partial charge in [0.15, 0.2) is 6.61 Å². The summed E-state index contributed by atoms with van der Waals surface area (Å²) in [5.41, 5.74) is -0.332. The van der Waals surface area contributed by atoms with Gasteiger partial charge in [0.1, 0.15) is 16.5 Å². The molecule has 0 aliphatic rings. The number of hydrogen-bond donors (Lipinski definition) is 1. The highest BCUT2D eigenvalue weighted by atomic mass is 35.5. The van der Waals surface area contributed by atoms with Gasteiger partial charge < -0.3 is 10.1 Å². The summed E-state index contributed by atoms with van der Waals surface area (Å²) in [6.07, 6.45) is 0. The molecule has 0 spiro atoms. The van der Waals surface area contributed by atoms with Gasteiger partial charge in [-0.3, -0.25) is 4.79 Å². The normalized spacial score (nSPS) is 10.7. The SMILES string of the molecule is O=C(COC(=O)c1sc2ccccc2c1Cl)Nc1cc(F)ccc1F. The number of anilines is 1. The minimum absolute atomic E-state index is 0.174. The average Bonchev–Trinajstić information content (AvgIpc) is 2.93. The van der Waals surface area contributed by atoms with Crippen LogP contribution in [0.25, 0.3) is 10.1 Å². The number of halogens is 3. The molecule has 0 unspecified atom stereocenters. The lowest BCUT2D eigenvalue weighted by molar-refractivity contribution is -0.119. The standard InChI is InChI=1S/C17H10ClF2NO3S/c18-15-10-3-1-2-4-13(10)25-16(15)17(23)24-8-14(22)21-12-7-9(19)5-6-11(12)20/h1-7H,8H2,(H,21,22). The molecule has 1 N–H and O–H groups in total. The summed E-state index contributed by atoms with van der Waals surface area (Å²) in [6.45, 7) is -0.653. The predicted octanol–water partition coefficient (Wildman–Crippen LogP) is 4.63. The number of esters is 1. The van der Waals surface area contributed by atoms with Crippen molar-refractivity contribution in [3.8, 4) is 0 Å². The van der Waals surface area contributed by atoms with Crippen LogP contribution in [0.1, 0.15) is 9.67 Å². The fraction of sp³-hybridized carbons (Fsp3) is 0.0588. The van der Waals surface area contributed by atoms with Crippen molar-refractivity contribution in [2.24, 2.45) is 0 Å². The van der Waals surface area contributed by atoms with Gasteiger partial charge in [0, 0.05) is 16.2 Å². The minimum atomic E-state index is -0.798. The molecule has 1 aromatic heterocycles. The van der Waals surface area contributed by atoms with E-state index in [0.29, 0.717) is 5.39 Å². The Bertz CT molecular complexity index is 974. The summed E-state index contributed by atoms with van der Waals surface area (Å²) < 4.78 is 32.2. The minimum Gasteiger partial charge on any atom is -0.451 e. The molecule has 0 saturated carbocycles. The average molecular weight is 382 g/mol. The van der Waals surface area contributed by atoms with Crippen LogP contribution in [0.15, 0.2) is 42.5 Å². The van der Waals surface area contributed by atoms with E-state index in [2.05, 4.69) is 5.32 Å². The van der Waals surface area contributed by atoms with E-state index in [-0.39, 0.29) is 15.6 Å². The second-order valence-electron chi connectivity index (χ2n) is 4.99. The van der Waals surface area contributed by atoms with Crippen molar-refractivity contribution in [1.29, 1.82) is 0 Å². The lowest BCUT2D eigenvalue weighted by atomic mass is 10.2. The van der Waals surface area contributed by atoms with E-state index in [9.17, 15) is 18.4 Å². The third-order valence-corrected chi connectivity index (χ3v) is 4.91. The summed E-state index contributed by atoms with van der Waals surface area (Å²) in [7, 11) is 0. The molecule has 0 bridgehead atoms. The van der Waals surface area contributed by atoms with E-state index in [4.69, 9.17) is 16.3 Å². The zero-order valence-corrected chi connectivity index (χ0v) is 14.1. The highest BCUT2D eigenvalue weighted by Crippen LogP contribution is 2.35. The van der Waals surface area contributed by atoms with E-state index in [1.54, 1.807) is 12.1 Å². The Labute approximate surface area is 150 Å². The Morgan fingerprint density at radius 3 is 2.68 bits per heavy atom. The summed E-state index contributed by atoms with van der Waals surface area (Å²) in [5, 5.41) is 3.11. The molecule has 4 nitrogen and oxygen atoms in total. The number of amides is 1. The maximum Gasteiger partial charge on any atom is 0.350 e. The molecule has 128 valence electrons. The number of carbonyl (C=O) groups is 2. The largest absolute Gasteiger partial charge is 0.451 e. The summed E-state index contributed by atoms with van der Waals surface area (Å²) in [5.74, 6) is -3.06. The third-order valence-electron chi connectivity index (χ3n) is 3.26. The van der Waals surface area contributed by atoms with Crippen molar-refractivity contribution >= 4 is 50.6 Å². The van der Waals surface area contributed by atoms with Crippen LogP contribution in [0, 0.1) is 11.6 Å². The fourth-order valence-electron chi connectivity index (χ4n) is 2.12. The number of hydrogen-bond acceptors (Lipinski definition) is 4. The first-order valence-corrected chi connectivity index (χ1v) is 8.24. The van der Waals surface area contributed by atoms with Crippen LogP contribution in [0.5, 0.6) is 0 Å². The highest BCUT2D eigenvalue weighted by Gasteiger charge is 2.19. The summed E-state index contributed by atoms with van der Waals surface area (Å²) in [4.78, 5) is 24.0. The molecule has 0 aliphatic carbocycles. The second kappa shape index (κ2) is 7.16. The van der Waals surface area contributed by atoms with Crippen LogP contribution in [-0.4, -0.2) is 18.5 Å². The molecule has 0 atom stereocenters. The molecule has 3 aromatic rings. The molecule has 0 aliphatic heterocycles. The molecular weight excluding hydrogens is 372 g/mol. The molecule has 1 heterocycles. The van der Waals surface area contributed by atoms with E-state index in [1.807, 2.05) is 12.1 Å². The van der Waals surface area contributed by atoms with Crippen LogP contribution < -0.4 is 5.32 Å². The lowest BCUT2D eigenvalue weighted by Gasteiger charge is -2.07. The van der Waals surface area contributed by atoms with Crippen LogP contribution >= 0.6 is 22.9 Å². The van der Waals surface area contributed by atoms with Crippen molar-refractivity contribution in [3.63, 3.8) is 0 Å². The van der Waals surface area contributed by atoms with Gasteiger partial charge in [-0.2, -0.15) is 0 Å².